The molecule has 0 bridgehead atoms. The number of nitrogens with two attached hydrogens (primary N) is 1. The van der Waals surface area contributed by atoms with Crippen LogP contribution in [0.1, 0.15) is 48.0 Å². The van der Waals surface area contributed by atoms with Crippen molar-refractivity contribution in [1.29, 1.82) is 0 Å². The van der Waals surface area contributed by atoms with Crippen LogP contribution in [0, 0.1) is 5.92 Å². The van der Waals surface area contributed by atoms with E-state index < -0.39 is 5.91 Å². The third-order valence-electron chi connectivity index (χ3n) is 3.58. The van der Waals surface area contributed by atoms with Crippen LogP contribution in [0.3, 0.4) is 0 Å². The second kappa shape index (κ2) is 5.21. The molecule has 92 valence electrons. The summed E-state index contributed by atoms with van der Waals surface area (Å²) < 4.78 is 0. The Morgan fingerprint density at radius 1 is 1.29 bits per heavy atom. The van der Waals surface area contributed by atoms with Gasteiger partial charge in [-0.15, -0.1) is 0 Å². The first-order valence-corrected chi connectivity index (χ1v) is 6.28. The first-order valence-electron chi connectivity index (χ1n) is 6.28. The van der Waals surface area contributed by atoms with E-state index in [9.17, 15) is 9.90 Å². The van der Waals surface area contributed by atoms with Crippen molar-refractivity contribution >= 4 is 5.91 Å². The van der Waals surface area contributed by atoms with E-state index in [-0.39, 0.29) is 11.3 Å². The zero-order chi connectivity index (χ0) is 12.3. The molecule has 1 saturated carbocycles. The molecule has 0 saturated heterocycles. The number of benzene rings is 1. The highest BCUT2D eigenvalue weighted by atomic mass is 16.3. The number of hydrogen-bond acceptors (Lipinski definition) is 2. The summed E-state index contributed by atoms with van der Waals surface area (Å²) in [5, 5.41) is 9.69. The number of carbonyl (C=O) groups is 1. The second-order valence-corrected chi connectivity index (χ2v) is 4.92. The van der Waals surface area contributed by atoms with E-state index >= 15 is 0 Å². The molecule has 1 amide bonds. The van der Waals surface area contributed by atoms with Crippen LogP contribution in [0.2, 0.25) is 0 Å². The average molecular weight is 233 g/mol. The van der Waals surface area contributed by atoms with Crippen molar-refractivity contribution in [3.8, 4) is 5.75 Å². The van der Waals surface area contributed by atoms with Gasteiger partial charge in [-0.25, -0.2) is 0 Å². The second-order valence-electron chi connectivity index (χ2n) is 4.92. The van der Waals surface area contributed by atoms with Crippen LogP contribution >= 0.6 is 0 Å². The molecule has 1 aliphatic carbocycles. The first-order chi connectivity index (χ1) is 8.16. The maximum Gasteiger partial charge on any atom is 0.252 e. The molecule has 1 aromatic rings. The third-order valence-corrected chi connectivity index (χ3v) is 3.58. The molecule has 0 unspecified atom stereocenters. The van der Waals surface area contributed by atoms with E-state index in [1.807, 2.05) is 6.07 Å². The van der Waals surface area contributed by atoms with Gasteiger partial charge in [0.05, 0.1) is 5.56 Å². The molecule has 1 aromatic carbocycles. The molecule has 1 aliphatic rings. The Labute approximate surface area is 102 Å². The minimum Gasteiger partial charge on any atom is -0.507 e. The standard InChI is InChI=1S/C14H19NO2/c15-14(17)12-7-6-11(9-13(12)16)8-10-4-2-1-3-5-10/h6-7,9-10,16H,1-5,8H2,(H2,15,17). The monoisotopic (exact) mass is 233 g/mol. The number of primary amides is 1. The van der Waals surface area contributed by atoms with E-state index in [0.717, 1.165) is 17.9 Å². The molecule has 0 aromatic heterocycles. The van der Waals surface area contributed by atoms with Crippen molar-refractivity contribution in [2.45, 2.75) is 38.5 Å². The SMILES string of the molecule is NC(=O)c1ccc(CC2CCCCC2)cc1O. The maximum atomic E-state index is 11.0. The molecule has 0 heterocycles. The maximum absolute atomic E-state index is 11.0. The van der Waals surface area contributed by atoms with Crippen molar-refractivity contribution in [2.75, 3.05) is 0 Å². The Hall–Kier alpha value is -1.51. The summed E-state index contributed by atoms with van der Waals surface area (Å²) >= 11 is 0. The van der Waals surface area contributed by atoms with Gasteiger partial charge in [-0.3, -0.25) is 4.79 Å². The molecule has 3 N–H and O–H groups in total. The zero-order valence-electron chi connectivity index (χ0n) is 9.98. The number of carbonyl (C=O) groups excluding carboxylic acids is 1. The number of rotatable bonds is 3. The van der Waals surface area contributed by atoms with Gasteiger partial charge < -0.3 is 10.8 Å². The fourth-order valence-corrected chi connectivity index (χ4v) is 2.64. The lowest BCUT2D eigenvalue weighted by Crippen LogP contribution is -2.12. The topological polar surface area (TPSA) is 63.3 Å². The van der Waals surface area contributed by atoms with Crippen molar-refractivity contribution in [1.82, 2.24) is 0 Å². The van der Waals surface area contributed by atoms with Crippen LogP contribution in [0.4, 0.5) is 0 Å². The van der Waals surface area contributed by atoms with Gasteiger partial charge in [0.15, 0.2) is 0 Å². The summed E-state index contributed by atoms with van der Waals surface area (Å²) in [5.41, 5.74) is 6.45. The van der Waals surface area contributed by atoms with Crippen LogP contribution < -0.4 is 5.73 Å². The Kier molecular flexibility index (Phi) is 3.67. The molecule has 3 nitrogen and oxygen atoms in total. The summed E-state index contributed by atoms with van der Waals surface area (Å²) in [6.45, 7) is 0. The number of hydrogen-bond donors (Lipinski definition) is 2. The van der Waals surface area contributed by atoms with Crippen LogP contribution in [-0.2, 0) is 6.42 Å². The molecule has 0 radical (unpaired) electrons. The molecule has 17 heavy (non-hydrogen) atoms. The number of aromatic hydroxyl groups is 1. The van der Waals surface area contributed by atoms with E-state index in [1.54, 1.807) is 12.1 Å². The lowest BCUT2D eigenvalue weighted by atomic mass is 9.85. The van der Waals surface area contributed by atoms with Gasteiger partial charge in [0, 0.05) is 0 Å². The lowest BCUT2D eigenvalue weighted by Gasteiger charge is -2.21. The van der Waals surface area contributed by atoms with E-state index in [0.29, 0.717) is 0 Å². The highest BCUT2D eigenvalue weighted by Gasteiger charge is 2.15. The van der Waals surface area contributed by atoms with Gasteiger partial charge >= 0.3 is 0 Å². The van der Waals surface area contributed by atoms with Gasteiger partial charge in [0.1, 0.15) is 5.75 Å². The predicted molar refractivity (Wildman–Crippen MR) is 66.9 cm³/mol. The van der Waals surface area contributed by atoms with Gasteiger partial charge in [-0.05, 0) is 30.0 Å². The van der Waals surface area contributed by atoms with E-state index in [1.165, 1.54) is 32.1 Å². The summed E-state index contributed by atoms with van der Waals surface area (Å²) in [7, 11) is 0. The van der Waals surface area contributed by atoms with E-state index in [4.69, 9.17) is 5.73 Å². The van der Waals surface area contributed by atoms with Crippen LogP contribution in [0.15, 0.2) is 18.2 Å². The quantitative estimate of drug-likeness (QED) is 0.843. The fraction of sp³-hybridized carbons (Fsp3) is 0.500. The molecule has 0 atom stereocenters. The molecular formula is C14H19NO2. The Bertz CT molecular complexity index is 409. The molecule has 1 fully saturated rings. The highest BCUT2D eigenvalue weighted by Crippen LogP contribution is 2.28. The Balaban J connectivity index is 2.06. The van der Waals surface area contributed by atoms with Crippen LogP contribution in [0.25, 0.3) is 0 Å². The van der Waals surface area contributed by atoms with Crippen LogP contribution in [0.5, 0.6) is 5.75 Å². The molecule has 0 spiro atoms. The van der Waals surface area contributed by atoms with Crippen molar-refractivity contribution in [3.05, 3.63) is 29.3 Å². The normalized spacial score (nSPS) is 16.9. The largest absolute Gasteiger partial charge is 0.507 e. The first kappa shape index (κ1) is 12.0. The van der Waals surface area contributed by atoms with Crippen LogP contribution in [-0.4, -0.2) is 11.0 Å². The van der Waals surface area contributed by atoms with E-state index in [2.05, 4.69) is 0 Å². The molecule has 0 aliphatic heterocycles. The summed E-state index contributed by atoms with van der Waals surface area (Å²) in [5.74, 6) is 0.153. The van der Waals surface area contributed by atoms with Crippen molar-refractivity contribution in [3.63, 3.8) is 0 Å². The minimum absolute atomic E-state index is 0.00538. The number of amides is 1. The lowest BCUT2D eigenvalue weighted by molar-refractivity contribution is 0.0998. The number of phenols is 1. The summed E-state index contributed by atoms with van der Waals surface area (Å²) in [6, 6.07) is 5.19. The minimum atomic E-state index is -0.577. The Morgan fingerprint density at radius 3 is 2.59 bits per heavy atom. The third kappa shape index (κ3) is 2.99. The molecule has 3 heteroatoms. The predicted octanol–water partition coefficient (Wildman–Crippen LogP) is 2.61. The van der Waals surface area contributed by atoms with Gasteiger partial charge in [0.25, 0.3) is 5.91 Å². The fourth-order valence-electron chi connectivity index (χ4n) is 2.64. The Morgan fingerprint density at radius 2 is 2.00 bits per heavy atom. The van der Waals surface area contributed by atoms with Gasteiger partial charge in [-0.2, -0.15) is 0 Å². The molecule has 2 rings (SSSR count). The smallest absolute Gasteiger partial charge is 0.252 e. The zero-order valence-corrected chi connectivity index (χ0v) is 9.98. The van der Waals surface area contributed by atoms with Crippen molar-refractivity contribution in [2.24, 2.45) is 11.7 Å². The van der Waals surface area contributed by atoms with Crippen molar-refractivity contribution < 1.29 is 9.90 Å². The summed E-state index contributed by atoms with van der Waals surface area (Å²) in [4.78, 5) is 11.0. The summed E-state index contributed by atoms with van der Waals surface area (Å²) in [6.07, 6.45) is 7.53. The van der Waals surface area contributed by atoms with Gasteiger partial charge in [-0.1, -0.05) is 38.2 Å². The average Bonchev–Trinajstić information content (AvgIpc) is 2.30. The van der Waals surface area contributed by atoms with Gasteiger partial charge in [0.2, 0.25) is 0 Å². The molecular weight excluding hydrogens is 214 g/mol. The highest BCUT2D eigenvalue weighted by molar-refractivity contribution is 5.95.